The van der Waals surface area contributed by atoms with Gasteiger partial charge in [0.1, 0.15) is 5.82 Å². The highest BCUT2D eigenvalue weighted by atomic mass is 127. The van der Waals surface area contributed by atoms with E-state index in [0.717, 1.165) is 3.57 Å². The van der Waals surface area contributed by atoms with E-state index in [2.05, 4.69) is 27.9 Å². The van der Waals surface area contributed by atoms with Gasteiger partial charge in [-0.1, -0.05) is 17.7 Å². The molecule has 0 aliphatic rings. The summed E-state index contributed by atoms with van der Waals surface area (Å²) in [6.07, 6.45) is 0. The van der Waals surface area contributed by atoms with Gasteiger partial charge < -0.3 is 5.32 Å². The van der Waals surface area contributed by atoms with Gasteiger partial charge >= 0.3 is 0 Å². The molecular weight excluding hydrogens is 380 g/mol. The molecule has 0 saturated carbocycles. The molecule has 0 radical (unpaired) electrons. The highest BCUT2D eigenvalue weighted by Crippen LogP contribution is 2.22. The van der Waals surface area contributed by atoms with Crippen LogP contribution in [0.25, 0.3) is 0 Å². The molecule has 0 unspecified atom stereocenters. The van der Waals surface area contributed by atoms with Gasteiger partial charge in [-0.15, -0.1) is 0 Å². The summed E-state index contributed by atoms with van der Waals surface area (Å²) in [6.45, 7) is 1.62. The Hall–Kier alpha value is -1.14. The molecule has 0 atom stereocenters. The maximum Gasteiger partial charge on any atom is 0.255 e. The van der Waals surface area contributed by atoms with Crippen molar-refractivity contribution in [3.63, 3.8) is 0 Å². The van der Waals surface area contributed by atoms with E-state index in [1.165, 1.54) is 6.07 Å². The normalized spacial score (nSPS) is 10.3. The monoisotopic (exact) mass is 389 g/mol. The predicted octanol–water partition coefficient (Wildman–Crippen LogP) is 4.64. The first-order valence-corrected chi connectivity index (χ1v) is 6.96. The molecular formula is C14H10ClFINO. The minimum absolute atomic E-state index is 0.313. The van der Waals surface area contributed by atoms with Gasteiger partial charge in [0.25, 0.3) is 5.91 Å². The molecule has 0 aromatic heterocycles. The van der Waals surface area contributed by atoms with Crippen molar-refractivity contribution in [1.29, 1.82) is 0 Å². The third kappa shape index (κ3) is 3.25. The molecule has 0 heterocycles. The molecule has 98 valence electrons. The Bertz CT molecular complexity index is 645. The Labute approximate surface area is 129 Å². The van der Waals surface area contributed by atoms with E-state index >= 15 is 0 Å². The maximum absolute atomic E-state index is 13.4. The molecule has 1 amide bonds. The molecule has 2 aromatic carbocycles. The van der Waals surface area contributed by atoms with Gasteiger partial charge in [0.2, 0.25) is 0 Å². The maximum atomic E-state index is 13.4. The number of halogens is 3. The fourth-order valence-electron chi connectivity index (χ4n) is 1.57. The van der Waals surface area contributed by atoms with Crippen molar-refractivity contribution in [3.8, 4) is 0 Å². The SMILES string of the molecule is Cc1c(F)cccc1NC(=O)c1ccc(I)c(Cl)c1. The van der Waals surface area contributed by atoms with E-state index in [1.807, 2.05) is 0 Å². The van der Waals surface area contributed by atoms with Crippen LogP contribution in [0.4, 0.5) is 10.1 Å². The Morgan fingerprint density at radius 2 is 2.05 bits per heavy atom. The van der Waals surface area contributed by atoms with E-state index < -0.39 is 0 Å². The number of benzene rings is 2. The molecule has 0 fully saturated rings. The quantitative estimate of drug-likeness (QED) is 0.745. The number of rotatable bonds is 2. The predicted molar refractivity (Wildman–Crippen MR) is 83.3 cm³/mol. The Balaban J connectivity index is 2.26. The van der Waals surface area contributed by atoms with E-state index in [4.69, 9.17) is 11.6 Å². The number of carbonyl (C=O) groups excluding carboxylic acids is 1. The lowest BCUT2D eigenvalue weighted by Gasteiger charge is -2.09. The van der Waals surface area contributed by atoms with E-state index in [-0.39, 0.29) is 11.7 Å². The summed E-state index contributed by atoms with van der Waals surface area (Å²) >= 11 is 8.05. The van der Waals surface area contributed by atoms with Gasteiger partial charge in [-0.3, -0.25) is 4.79 Å². The van der Waals surface area contributed by atoms with Gasteiger partial charge in [0.15, 0.2) is 0 Å². The van der Waals surface area contributed by atoms with Gasteiger partial charge in [0.05, 0.1) is 5.02 Å². The largest absolute Gasteiger partial charge is 0.322 e. The molecule has 5 heteroatoms. The second-order valence-electron chi connectivity index (χ2n) is 4.00. The minimum atomic E-state index is -0.349. The van der Waals surface area contributed by atoms with Gasteiger partial charge in [-0.05, 0) is 59.8 Å². The van der Waals surface area contributed by atoms with Crippen LogP contribution in [0, 0.1) is 16.3 Å². The zero-order chi connectivity index (χ0) is 14.0. The molecule has 19 heavy (non-hydrogen) atoms. The summed E-state index contributed by atoms with van der Waals surface area (Å²) in [5, 5.41) is 3.19. The third-order valence-corrected chi connectivity index (χ3v) is 4.27. The smallest absolute Gasteiger partial charge is 0.255 e. The molecule has 0 saturated heterocycles. The van der Waals surface area contributed by atoms with Crippen molar-refractivity contribution in [2.24, 2.45) is 0 Å². The molecule has 2 nitrogen and oxygen atoms in total. The van der Waals surface area contributed by atoms with Crippen LogP contribution < -0.4 is 5.32 Å². The molecule has 0 aliphatic carbocycles. The first-order valence-electron chi connectivity index (χ1n) is 5.50. The summed E-state index contributed by atoms with van der Waals surface area (Å²) < 4.78 is 14.2. The highest BCUT2D eigenvalue weighted by molar-refractivity contribution is 14.1. The van der Waals surface area contributed by atoms with Crippen molar-refractivity contribution in [1.82, 2.24) is 0 Å². The topological polar surface area (TPSA) is 29.1 Å². The molecule has 0 aliphatic heterocycles. The first-order chi connectivity index (χ1) is 8.99. The van der Waals surface area contributed by atoms with Crippen LogP contribution in [-0.4, -0.2) is 5.91 Å². The Morgan fingerprint density at radius 3 is 2.74 bits per heavy atom. The van der Waals surface area contributed by atoms with E-state index in [0.29, 0.717) is 21.8 Å². The zero-order valence-corrected chi connectivity index (χ0v) is 12.9. The van der Waals surface area contributed by atoms with Crippen molar-refractivity contribution < 1.29 is 9.18 Å². The number of carbonyl (C=O) groups is 1. The van der Waals surface area contributed by atoms with Crippen molar-refractivity contribution in [3.05, 3.63) is 61.9 Å². The average molecular weight is 390 g/mol. The van der Waals surface area contributed by atoms with Gasteiger partial charge in [0, 0.05) is 20.4 Å². The van der Waals surface area contributed by atoms with Crippen molar-refractivity contribution >= 4 is 45.8 Å². The van der Waals surface area contributed by atoms with Crippen LogP contribution in [0.2, 0.25) is 5.02 Å². The third-order valence-electron chi connectivity index (χ3n) is 2.70. The van der Waals surface area contributed by atoms with Crippen LogP contribution in [0.1, 0.15) is 15.9 Å². The standard InChI is InChI=1S/C14H10ClFINO/c1-8-11(16)3-2-4-13(8)18-14(19)9-5-6-12(17)10(15)7-9/h2-7H,1H3,(H,18,19). The van der Waals surface area contributed by atoms with Crippen molar-refractivity contribution in [2.45, 2.75) is 6.92 Å². The number of anilines is 1. The number of hydrogen-bond donors (Lipinski definition) is 1. The van der Waals surface area contributed by atoms with Crippen LogP contribution in [-0.2, 0) is 0 Å². The number of hydrogen-bond acceptors (Lipinski definition) is 1. The summed E-state index contributed by atoms with van der Waals surface area (Å²) in [7, 11) is 0. The lowest BCUT2D eigenvalue weighted by Crippen LogP contribution is -2.13. The molecule has 2 aromatic rings. The fourth-order valence-corrected chi connectivity index (χ4v) is 2.09. The lowest BCUT2D eigenvalue weighted by molar-refractivity contribution is 0.102. The summed E-state index contributed by atoms with van der Waals surface area (Å²) in [6, 6.07) is 9.59. The second kappa shape index (κ2) is 5.88. The summed E-state index contributed by atoms with van der Waals surface area (Å²) in [5.41, 5.74) is 1.31. The minimum Gasteiger partial charge on any atom is -0.322 e. The number of nitrogens with one attached hydrogen (secondary N) is 1. The Morgan fingerprint density at radius 1 is 1.32 bits per heavy atom. The van der Waals surface area contributed by atoms with Crippen molar-refractivity contribution in [2.75, 3.05) is 5.32 Å². The van der Waals surface area contributed by atoms with Crippen LogP contribution >= 0.6 is 34.2 Å². The average Bonchev–Trinajstić information content (AvgIpc) is 2.38. The first kappa shape index (κ1) is 14.3. The highest BCUT2D eigenvalue weighted by Gasteiger charge is 2.10. The fraction of sp³-hybridized carbons (Fsp3) is 0.0714. The zero-order valence-electron chi connectivity index (χ0n) is 10.0. The van der Waals surface area contributed by atoms with E-state index in [9.17, 15) is 9.18 Å². The van der Waals surface area contributed by atoms with Crippen LogP contribution in [0.3, 0.4) is 0 Å². The summed E-state index contributed by atoms with van der Waals surface area (Å²) in [5.74, 6) is -0.662. The molecule has 2 rings (SSSR count). The van der Waals surface area contributed by atoms with Crippen LogP contribution in [0.15, 0.2) is 36.4 Å². The van der Waals surface area contributed by atoms with Gasteiger partial charge in [-0.2, -0.15) is 0 Å². The molecule has 1 N–H and O–H groups in total. The Kier molecular flexibility index (Phi) is 4.42. The summed E-state index contributed by atoms with van der Waals surface area (Å²) in [4.78, 5) is 12.0. The molecule has 0 spiro atoms. The van der Waals surface area contributed by atoms with E-state index in [1.54, 1.807) is 37.3 Å². The van der Waals surface area contributed by atoms with Crippen LogP contribution in [0.5, 0.6) is 0 Å². The second-order valence-corrected chi connectivity index (χ2v) is 5.56. The number of amides is 1. The lowest BCUT2D eigenvalue weighted by atomic mass is 10.1. The molecule has 0 bridgehead atoms. The van der Waals surface area contributed by atoms with Gasteiger partial charge in [-0.25, -0.2) is 4.39 Å².